The monoisotopic (exact) mass is 621 g/mol. The lowest BCUT2D eigenvalue weighted by Crippen LogP contribution is -2.58. The van der Waals surface area contributed by atoms with Crippen molar-refractivity contribution >= 4 is 29.6 Å². The summed E-state index contributed by atoms with van der Waals surface area (Å²) in [6.45, 7) is 0. The lowest BCUT2D eigenvalue weighted by molar-refractivity contribution is -0.142. The van der Waals surface area contributed by atoms with E-state index < -0.39 is 60.2 Å². The van der Waals surface area contributed by atoms with Gasteiger partial charge in [0.05, 0.1) is 12.5 Å². The third-order valence-corrected chi connectivity index (χ3v) is 6.77. The number of phenolic OH excluding ortho intramolecular Hbond substituents is 3. The Balaban J connectivity index is 1.78. The van der Waals surface area contributed by atoms with Crippen molar-refractivity contribution in [3.8, 4) is 17.2 Å². The van der Waals surface area contributed by atoms with Crippen molar-refractivity contribution in [3.63, 3.8) is 0 Å². The highest BCUT2D eigenvalue weighted by molar-refractivity contribution is 5.96. The van der Waals surface area contributed by atoms with Crippen molar-refractivity contribution in [2.24, 2.45) is 11.5 Å². The molecule has 14 heteroatoms. The fraction of sp³-hybridized carbons (Fsp3) is 0.258. The average molecular weight is 622 g/mol. The normalized spacial score (nSPS) is 13.4. The number of aromatic hydroxyl groups is 3. The third-order valence-electron chi connectivity index (χ3n) is 6.77. The van der Waals surface area contributed by atoms with Gasteiger partial charge in [-0.15, -0.1) is 0 Å². The molecule has 11 N–H and O–H groups in total. The van der Waals surface area contributed by atoms with Gasteiger partial charge in [0.1, 0.15) is 35.4 Å². The minimum atomic E-state index is -1.60. The van der Waals surface area contributed by atoms with E-state index in [1.54, 1.807) is 12.1 Å². The van der Waals surface area contributed by atoms with Gasteiger partial charge >= 0.3 is 5.97 Å². The van der Waals surface area contributed by atoms with Crippen LogP contribution in [0, 0.1) is 0 Å². The molecule has 238 valence electrons. The summed E-state index contributed by atoms with van der Waals surface area (Å²) >= 11 is 0. The molecule has 0 aliphatic heterocycles. The van der Waals surface area contributed by atoms with Gasteiger partial charge in [0.15, 0.2) is 0 Å². The van der Waals surface area contributed by atoms with Gasteiger partial charge in [-0.05, 0) is 59.5 Å². The zero-order valence-corrected chi connectivity index (χ0v) is 24.1. The second-order valence-corrected chi connectivity index (χ2v) is 10.4. The van der Waals surface area contributed by atoms with Crippen LogP contribution >= 0.6 is 0 Å². The van der Waals surface area contributed by atoms with Gasteiger partial charge in [-0.25, -0.2) is 4.79 Å². The second-order valence-electron chi connectivity index (χ2n) is 10.4. The number of rotatable bonds is 15. The molecule has 0 fully saturated rings. The van der Waals surface area contributed by atoms with Crippen molar-refractivity contribution in [1.82, 2.24) is 16.0 Å². The first kappa shape index (κ1) is 33.9. The maximum Gasteiger partial charge on any atom is 0.326 e. The summed E-state index contributed by atoms with van der Waals surface area (Å²) in [7, 11) is 0. The number of carbonyl (C=O) groups excluding carboxylic acids is 4. The van der Waals surface area contributed by atoms with Gasteiger partial charge < -0.3 is 47.8 Å². The van der Waals surface area contributed by atoms with E-state index in [2.05, 4.69) is 16.0 Å². The summed E-state index contributed by atoms with van der Waals surface area (Å²) in [4.78, 5) is 63.4. The molecule has 3 aromatic rings. The molecule has 0 aliphatic carbocycles. The topological polar surface area (TPSA) is 254 Å². The maximum absolute atomic E-state index is 13.5. The Hall–Kier alpha value is -5.63. The predicted molar refractivity (Wildman–Crippen MR) is 161 cm³/mol. The van der Waals surface area contributed by atoms with E-state index in [1.165, 1.54) is 60.7 Å². The van der Waals surface area contributed by atoms with Crippen molar-refractivity contribution in [3.05, 3.63) is 89.5 Å². The maximum atomic E-state index is 13.5. The fourth-order valence-corrected chi connectivity index (χ4v) is 4.36. The van der Waals surface area contributed by atoms with E-state index in [0.29, 0.717) is 16.7 Å². The number of carbonyl (C=O) groups is 5. The second kappa shape index (κ2) is 15.7. The molecule has 4 atom stereocenters. The third kappa shape index (κ3) is 10.9. The Kier molecular flexibility index (Phi) is 11.8. The summed E-state index contributed by atoms with van der Waals surface area (Å²) in [5.41, 5.74) is 13.1. The zero-order chi connectivity index (χ0) is 33.1. The number of amides is 4. The number of aliphatic carboxylic acids is 1. The van der Waals surface area contributed by atoms with Crippen LogP contribution in [0.5, 0.6) is 17.2 Å². The van der Waals surface area contributed by atoms with Crippen molar-refractivity contribution in [1.29, 1.82) is 0 Å². The van der Waals surface area contributed by atoms with Gasteiger partial charge in [0.2, 0.25) is 23.6 Å². The molecule has 0 saturated carbocycles. The molecule has 0 bridgehead atoms. The standard InChI is InChI=1S/C31H35N5O9/c32-23(13-17-1-7-20(37)8-2-17)28(41)34-24(14-18-3-9-21(38)10-4-18)29(42)35-25(16-27(33)40)30(43)36-26(31(44)45)15-19-5-11-22(39)12-6-19/h1-12,23-26,37-39H,13-16,32H2,(H2,33,40)(H,34,41)(H,35,42)(H,36,43)(H,44,45). The first-order valence-corrected chi connectivity index (χ1v) is 13.8. The molecule has 0 radical (unpaired) electrons. The number of nitrogens with one attached hydrogen (secondary N) is 3. The number of primary amides is 1. The van der Waals surface area contributed by atoms with Crippen LogP contribution in [0.4, 0.5) is 0 Å². The lowest BCUT2D eigenvalue weighted by atomic mass is 10.0. The largest absolute Gasteiger partial charge is 0.508 e. The fourth-order valence-electron chi connectivity index (χ4n) is 4.36. The van der Waals surface area contributed by atoms with Crippen LogP contribution in [0.2, 0.25) is 0 Å². The minimum absolute atomic E-state index is 0.0295. The first-order chi connectivity index (χ1) is 21.3. The highest BCUT2D eigenvalue weighted by Gasteiger charge is 2.31. The quantitative estimate of drug-likeness (QED) is 0.106. The summed E-state index contributed by atoms with van der Waals surface area (Å²) in [5, 5.41) is 45.5. The van der Waals surface area contributed by atoms with Crippen LogP contribution in [0.15, 0.2) is 72.8 Å². The molecule has 4 unspecified atom stereocenters. The van der Waals surface area contributed by atoms with Crippen LogP contribution < -0.4 is 27.4 Å². The van der Waals surface area contributed by atoms with E-state index in [0.717, 1.165) is 0 Å². The molecule has 0 aromatic heterocycles. The summed E-state index contributed by atoms with van der Waals surface area (Å²) in [5.74, 6) is -4.99. The zero-order valence-electron chi connectivity index (χ0n) is 24.1. The number of hydrogen-bond acceptors (Lipinski definition) is 9. The average Bonchev–Trinajstić information content (AvgIpc) is 2.99. The number of carboxylic acids is 1. The Morgan fingerprint density at radius 2 is 0.911 bits per heavy atom. The molecule has 0 spiro atoms. The summed E-state index contributed by atoms with van der Waals surface area (Å²) in [6, 6.07) is 12.0. The van der Waals surface area contributed by atoms with E-state index in [-0.39, 0.29) is 36.5 Å². The number of hydrogen-bond donors (Lipinski definition) is 9. The number of nitrogens with two attached hydrogens (primary N) is 2. The van der Waals surface area contributed by atoms with Crippen LogP contribution in [0.25, 0.3) is 0 Å². The van der Waals surface area contributed by atoms with Crippen LogP contribution in [0.1, 0.15) is 23.1 Å². The molecule has 0 aliphatic rings. The van der Waals surface area contributed by atoms with Crippen LogP contribution in [-0.4, -0.2) is 74.2 Å². The minimum Gasteiger partial charge on any atom is -0.508 e. The highest BCUT2D eigenvalue weighted by Crippen LogP contribution is 2.14. The molecule has 0 heterocycles. The van der Waals surface area contributed by atoms with Crippen molar-refractivity contribution in [2.75, 3.05) is 0 Å². The van der Waals surface area contributed by atoms with Crippen molar-refractivity contribution < 1.29 is 44.4 Å². The summed E-state index contributed by atoms with van der Waals surface area (Å²) < 4.78 is 0. The Labute approximate surface area is 258 Å². The first-order valence-electron chi connectivity index (χ1n) is 13.8. The van der Waals surface area contributed by atoms with Crippen molar-refractivity contribution in [2.45, 2.75) is 49.9 Å². The lowest BCUT2D eigenvalue weighted by Gasteiger charge is -2.25. The van der Waals surface area contributed by atoms with E-state index in [9.17, 15) is 44.4 Å². The molecule has 4 amide bonds. The molecule has 45 heavy (non-hydrogen) atoms. The Bertz CT molecular complexity index is 1500. The van der Waals surface area contributed by atoms with Gasteiger partial charge in [-0.2, -0.15) is 0 Å². The van der Waals surface area contributed by atoms with E-state index in [4.69, 9.17) is 11.5 Å². The summed E-state index contributed by atoms with van der Waals surface area (Å²) in [6.07, 6.45) is -0.877. The van der Waals surface area contributed by atoms with E-state index >= 15 is 0 Å². The molecule has 3 aromatic carbocycles. The van der Waals surface area contributed by atoms with Gasteiger partial charge in [-0.3, -0.25) is 19.2 Å². The van der Waals surface area contributed by atoms with Crippen LogP contribution in [0.3, 0.4) is 0 Å². The number of carboxylic acid groups (broad SMARTS) is 1. The molecule has 14 nitrogen and oxygen atoms in total. The molecular formula is C31H35N5O9. The number of benzene rings is 3. The molecule has 0 saturated heterocycles. The van der Waals surface area contributed by atoms with Gasteiger partial charge in [0, 0.05) is 12.8 Å². The van der Waals surface area contributed by atoms with Crippen LogP contribution in [-0.2, 0) is 43.2 Å². The molecule has 3 rings (SSSR count). The predicted octanol–water partition coefficient (Wildman–Crippen LogP) is -0.427. The van der Waals surface area contributed by atoms with Gasteiger partial charge in [-0.1, -0.05) is 36.4 Å². The number of phenols is 3. The van der Waals surface area contributed by atoms with E-state index in [1.807, 2.05) is 0 Å². The Morgan fingerprint density at radius 1 is 0.556 bits per heavy atom. The smallest absolute Gasteiger partial charge is 0.326 e. The SMILES string of the molecule is NC(=O)CC(NC(=O)C(Cc1ccc(O)cc1)NC(=O)C(N)Cc1ccc(O)cc1)C(=O)NC(Cc1ccc(O)cc1)C(=O)O. The van der Waals surface area contributed by atoms with Gasteiger partial charge in [0.25, 0.3) is 0 Å². The Morgan fingerprint density at radius 3 is 1.33 bits per heavy atom. The molecular weight excluding hydrogens is 586 g/mol. The highest BCUT2D eigenvalue weighted by atomic mass is 16.4.